The van der Waals surface area contributed by atoms with Gasteiger partial charge in [-0.1, -0.05) is 24.3 Å². The first-order valence-corrected chi connectivity index (χ1v) is 8.73. The highest BCUT2D eigenvalue weighted by molar-refractivity contribution is 5.94. The number of carbonyl (C=O) groups excluding carboxylic acids is 1. The molecule has 2 aromatic carbocycles. The number of rotatable bonds is 4. The molecule has 26 heavy (non-hydrogen) atoms. The number of para-hydroxylation sites is 1. The van der Waals surface area contributed by atoms with E-state index in [0.29, 0.717) is 24.6 Å². The molecule has 6 heteroatoms. The molecule has 0 unspecified atom stereocenters. The van der Waals surface area contributed by atoms with Crippen molar-refractivity contribution < 1.29 is 9.53 Å². The maximum Gasteiger partial charge on any atom is 0.251 e. The van der Waals surface area contributed by atoms with Crippen LogP contribution in [0.2, 0.25) is 0 Å². The Morgan fingerprint density at radius 1 is 1.15 bits per heavy atom. The number of nitrogens with one attached hydrogen (secondary N) is 1. The van der Waals surface area contributed by atoms with Crippen LogP contribution in [0.4, 0.5) is 0 Å². The third-order valence-corrected chi connectivity index (χ3v) is 4.64. The Kier molecular flexibility index (Phi) is 4.64. The predicted octanol–water partition coefficient (Wildman–Crippen LogP) is 2.64. The molecule has 2 heterocycles. The summed E-state index contributed by atoms with van der Waals surface area (Å²) in [4.78, 5) is 12.6. The van der Waals surface area contributed by atoms with Crippen LogP contribution in [-0.2, 0) is 6.42 Å². The van der Waals surface area contributed by atoms with Crippen molar-refractivity contribution in [1.29, 1.82) is 0 Å². The number of fused-ring (bicyclic) bond motifs is 1. The van der Waals surface area contributed by atoms with Crippen molar-refractivity contribution >= 4 is 5.91 Å². The molecule has 1 aliphatic rings. The largest absolute Gasteiger partial charge is 0.493 e. The number of hydrogen-bond acceptors (Lipinski definition) is 4. The molecule has 0 fully saturated rings. The molecule has 4 rings (SSSR count). The van der Waals surface area contributed by atoms with Gasteiger partial charge in [0.25, 0.3) is 5.91 Å². The van der Waals surface area contributed by atoms with Gasteiger partial charge in [-0.05, 0) is 48.6 Å². The second-order valence-electron chi connectivity index (χ2n) is 6.44. The lowest BCUT2D eigenvalue weighted by Crippen LogP contribution is -2.30. The Hall–Kier alpha value is -3.15. The summed E-state index contributed by atoms with van der Waals surface area (Å²) in [5.41, 5.74) is 2.69. The molecular formula is C20H20N4O2. The fourth-order valence-corrected chi connectivity index (χ4v) is 3.22. The molecule has 0 saturated carbocycles. The molecule has 0 saturated heterocycles. The highest BCUT2D eigenvalue weighted by atomic mass is 16.5. The number of amides is 1. The predicted molar refractivity (Wildman–Crippen MR) is 97.4 cm³/mol. The zero-order valence-corrected chi connectivity index (χ0v) is 14.3. The normalized spacial score (nSPS) is 16.2. The minimum Gasteiger partial charge on any atom is -0.493 e. The third kappa shape index (κ3) is 3.59. The van der Waals surface area contributed by atoms with Gasteiger partial charge < -0.3 is 10.1 Å². The van der Waals surface area contributed by atoms with E-state index in [2.05, 4.69) is 21.6 Å². The summed E-state index contributed by atoms with van der Waals surface area (Å²) in [7, 11) is 0. The van der Waals surface area contributed by atoms with Crippen LogP contribution in [-0.4, -0.2) is 33.8 Å². The van der Waals surface area contributed by atoms with E-state index in [4.69, 9.17) is 4.74 Å². The summed E-state index contributed by atoms with van der Waals surface area (Å²) in [6.07, 6.45) is 5.06. The molecule has 0 spiro atoms. The Morgan fingerprint density at radius 3 is 2.88 bits per heavy atom. The molecular weight excluding hydrogens is 328 g/mol. The molecule has 0 aliphatic carbocycles. The van der Waals surface area contributed by atoms with E-state index < -0.39 is 0 Å². The van der Waals surface area contributed by atoms with E-state index in [0.717, 1.165) is 24.3 Å². The minimum absolute atomic E-state index is 0.0709. The van der Waals surface area contributed by atoms with Gasteiger partial charge in [0.2, 0.25) is 0 Å². The van der Waals surface area contributed by atoms with Crippen molar-refractivity contribution in [3.05, 3.63) is 72.3 Å². The fourth-order valence-electron chi connectivity index (χ4n) is 3.22. The number of benzene rings is 2. The molecule has 6 nitrogen and oxygen atoms in total. The molecule has 1 amide bonds. The molecule has 132 valence electrons. The van der Waals surface area contributed by atoms with E-state index in [9.17, 15) is 4.79 Å². The maximum absolute atomic E-state index is 12.6. The van der Waals surface area contributed by atoms with E-state index >= 15 is 0 Å². The number of ether oxygens (including phenoxy) is 1. The Morgan fingerprint density at radius 2 is 2.00 bits per heavy atom. The van der Waals surface area contributed by atoms with Crippen molar-refractivity contribution in [2.75, 3.05) is 13.2 Å². The monoisotopic (exact) mass is 348 g/mol. The van der Waals surface area contributed by atoms with E-state index in [1.807, 2.05) is 42.5 Å². The van der Waals surface area contributed by atoms with Crippen LogP contribution in [0.1, 0.15) is 22.3 Å². The van der Waals surface area contributed by atoms with Crippen LogP contribution in [0, 0.1) is 5.92 Å². The summed E-state index contributed by atoms with van der Waals surface area (Å²) in [6.45, 7) is 1.31. The zero-order chi connectivity index (χ0) is 17.8. The van der Waals surface area contributed by atoms with Gasteiger partial charge in [-0.3, -0.25) is 9.36 Å². The van der Waals surface area contributed by atoms with Gasteiger partial charge in [0, 0.05) is 17.8 Å². The summed E-state index contributed by atoms with van der Waals surface area (Å²) in [6, 6.07) is 15.5. The van der Waals surface area contributed by atoms with Gasteiger partial charge in [0.1, 0.15) is 18.4 Å². The second-order valence-corrected chi connectivity index (χ2v) is 6.44. The minimum atomic E-state index is -0.0709. The van der Waals surface area contributed by atoms with Crippen molar-refractivity contribution in [2.24, 2.45) is 5.92 Å². The Balaban J connectivity index is 1.41. The van der Waals surface area contributed by atoms with Gasteiger partial charge in [0.15, 0.2) is 0 Å². The zero-order valence-electron chi connectivity index (χ0n) is 14.3. The lowest BCUT2D eigenvalue weighted by molar-refractivity contribution is 0.0945. The van der Waals surface area contributed by atoms with Gasteiger partial charge in [-0.15, -0.1) is 10.2 Å². The van der Waals surface area contributed by atoms with Crippen molar-refractivity contribution in [3.63, 3.8) is 0 Å². The number of nitrogens with zero attached hydrogens (tertiary/aromatic N) is 3. The summed E-state index contributed by atoms with van der Waals surface area (Å²) in [5.74, 6) is 1.25. The quantitative estimate of drug-likeness (QED) is 0.787. The first kappa shape index (κ1) is 16.3. The van der Waals surface area contributed by atoms with E-state index in [1.54, 1.807) is 17.2 Å². The number of aromatic nitrogens is 3. The van der Waals surface area contributed by atoms with Gasteiger partial charge in [-0.25, -0.2) is 0 Å². The lowest BCUT2D eigenvalue weighted by atomic mass is 9.97. The van der Waals surface area contributed by atoms with Crippen LogP contribution in [0.15, 0.2) is 61.2 Å². The number of hydrogen-bond donors (Lipinski definition) is 1. The second kappa shape index (κ2) is 7.39. The lowest BCUT2D eigenvalue weighted by Gasteiger charge is -2.15. The van der Waals surface area contributed by atoms with Crippen LogP contribution in [0.25, 0.3) is 5.69 Å². The molecule has 3 aromatic rings. The smallest absolute Gasteiger partial charge is 0.251 e. The SMILES string of the molecule is O=C(NC[C@H]1CCOc2ccccc2C1)c1cccc(-n2cnnc2)c1. The maximum atomic E-state index is 12.6. The average molecular weight is 348 g/mol. The Bertz CT molecular complexity index is 892. The van der Waals surface area contributed by atoms with E-state index in [-0.39, 0.29) is 5.91 Å². The summed E-state index contributed by atoms with van der Waals surface area (Å²) >= 11 is 0. The van der Waals surface area contributed by atoms with E-state index in [1.165, 1.54) is 5.56 Å². The molecule has 1 atom stereocenters. The highest BCUT2D eigenvalue weighted by Crippen LogP contribution is 2.26. The molecule has 1 aromatic heterocycles. The van der Waals surface area contributed by atoms with Crippen molar-refractivity contribution in [1.82, 2.24) is 20.1 Å². The average Bonchev–Trinajstić information content (AvgIpc) is 3.14. The number of carbonyl (C=O) groups is 1. The van der Waals surface area contributed by atoms with Crippen LogP contribution in [0.5, 0.6) is 5.75 Å². The first-order valence-electron chi connectivity index (χ1n) is 8.73. The topological polar surface area (TPSA) is 69.0 Å². The van der Waals surface area contributed by atoms with Crippen LogP contribution >= 0.6 is 0 Å². The summed E-state index contributed by atoms with van der Waals surface area (Å²) in [5, 5.41) is 10.7. The Labute approximate surface area is 151 Å². The standard InChI is InChI=1S/C20H20N4O2/c25-20(17-5-3-6-18(11-17)24-13-22-23-14-24)21-12-15-8-9-26-19-7-2-1-4-16(19)10-15/h1-7,11,13-15H,8-10,12H2,(H,21,25)/t15-/m0/s1. The third-order valence-electron chi connectivity index (χ3n) is 4.64. The summed E-state index contributed by atoms with van der Waals surface area (Å²) < 4.78 is 7.57. The molecule has 0 radical (unpaired) electrons. The fraction of sp³-hybridized carbons (Fsp3) is 0.250. The van der Waals surface area contributed by atoms with Gasteiger partial charge >= 0.3 is 0 Å². The van der Waals surface area contributed by atoms with Crippen LogP contribution in [0.3, 0.4) is 0 Å². The van der Waals surface area contributed by atoms with Crippen molar-refractivity contribution in [2.45, 2.75) is 12.8 Å². The molecule has 0 bridgehead atoms. The molecule has 1 aliphatic heterocycles. The highest BCUT2D eigenvalue weighted by Gasteiger charge is 2.18. The van der Waals surface area contributed by atoms with Gasteiger partial charge in [0.05, 0.1) is 6.61 Å². The van der Waals surface area contributed by atoms with Gasteiger partial charge in [-0.2, -0.15) is 0 Å². The molecule has 1 N–H and O–H groups in total. The van der Waals surface area contributed by atoms with Crippen molar-refractivity contribution in [3.8, 4) is 11.4 Å². The first-order chi connectivity index (χ1) is 12.8. The van der Waals surface area contributed by atoms with Crippen LogP contribution < -0.4 is 10.1 Å².